The molecule has 0 radical (unpaired) electrons. The smallest absolute Gasteiger partial charge is 0.425 e. The van der Waals surface area contributed by atoms with Crippen LogP contribution < -0.4 is 4.90 Å². The van der Waals surface area contributed by atoms with Gasteiger partial charge in [0.25, 0.3) is 0 Å². The van der Waals surface area contributed by atoms with Crippen molar-refractivity contribution in [2.75, 3.05) is 44.2 Å². The van der Waals surface area contributed by atoms with Crippen molar-refractivity contribution >= 4 is 17.7 Å². The second-order valence-electron chi connectivity index (χ2n) is 11.8. The molecule has 0 aromatic heterocycles. The minimum absolute atomic E-state index is 0.122. The fourth-order valence-electron chi connectivity index (χ4n) is 6.03. The third-order valence-corrected chi connectivity index (χ3v) is 8.63. The number of benzene rings is 1. The number of amides is 1. The lowest BCUT2D eigenvalue weighted by molar-refractivity contribution is -0.200. The Balaban J connectivity index is 1.42. The van der Waals surface area contributed by atoms with Crippen LogP contribution in [0.4, 0.5) is 36.8 Å². The van der Waals surface area contributed by atoms with Crippen LogP contribution in [-0.4, -0.2) is 78.5 Å². The number of carboxylic acids is 1. The molecule has 3 fully saturated rings. The molecule has 4 rings (SSSR count). The van der Waals surface area contributed by atoms with Gasteiger partial charge in [-0.1, -0.05) is 0 Å². The Labute approximate surface area is 229 Å². The van der Waals surface area contributed by atoms with Crippen LogP contribution in [0.15, 0.2) is 18.2 Å². The molecule has 1 N–H and O–H groups in total. The number of carboxylic acid groups (broad SMARTS) is 1. The van der Waals surface area contributed by atoms with Crippen molar-refractivity contribution in [2.45, 2.75) is 71.0 Å². The Morgan fingerprint density at radius 1 is 0.975 bits per heavy atom. The van der Waals surface area contributed by atoms with Crippen LogP contribution in [0.5, 0.6) is 0 Å². The standard InChI is InChI=1S/C27H35F6N3O4/c1-18(26(28,29)30)40-23(39)35-10-6-25(7-11-35)5-9-34(17-25)15-19-12-20(27(31,32)33)14-21(13-19)36-8-3-4-24(2,16-36)22(37)38/h12-14,18H,3-11,15-17H2,1-2H3,(H,37,38). The van der Waals surface area contributed by atoms with Gasteiger partial charge in [0.1, 0.15) is 0 Å². The maximum Gasteiger partial charge on any atom is 0.425 e. The summed E-state index contributed by atoms with van der Waals surface area (Å²) >= 11 is 0. The topological polar surface area (TPSA) is 73.3 Å². The van der Waals surface area contributed by atoms with E-state index in [9.17, 15) is 41.0 Å². The number of carbonyl (C=O) groups is 2. The van der Waals surface area contributed by atoms with Gasteiger partial charge in [0, 0.05) is 45.0 Å². The Hall–Kier alpha value is -2.70. The lowest BCUT2D eigenvalue weighted by Crippen LogP contribution is -2.46. The maximum absolute atomic E-state index is 13.8. The highest BCUT2D eigenvalue weighted by atomic mass is 19.4. The van der Waals surface area contributed by atoms with E-state index in [-0.39, 0.29) is 31.6 Å². The molecule has 7 nitrogen and oxygen atoms in total. The molecule has 13 heteroatoms. The van der Waals surface area contributed by atoms with Gasteiger partial charge in [-0.05, 0) is 81.7 Å². The number of likely N-dealkylation sites (tertiary alicyclic amines) is 2. The van der Waals surface area contributed by atoms with Crippen molar-refractivity contribution in [2.24, 2.45) is 10.8 Å². The molecule has 40 heavy (non-hydrogen) atoms. The van der Waals surface area contributed by atoms with Crippen LogP contribution in [0.2, 0.25) is 0 Å². The minimum Gasteiger partial charge on any atom is -0.481 e. The summed E-state index contributed by atoms with van der Waals surface area (Å²) in [6.07, 6.45) is -9.48. The van der Waals surface area contributed by atoms with Crippen LogP contribution in [0.1, 0.15) is 57.1 Å². The van der Waals surface area contributed by atoms with Crippen LogP contribution in [0.25, 0.3) is 0 Å². The number of carbonyl (C=O) groups excluding carboxylic acids is 1. The van der Waals surface area contributed by atoms with Gasteiger partial charge >= 0.3 is 24.4 Å². The quantitative estimate of drug-likeness (QED) is 0.447. The molecule has 2 atom stereocenters. The molecular weight excluding hydrogens is 544 g/mol. The molecule has 0 bridgehead atoms. The zero-order chi connectivity index (χ0) is 29.5. The third kappa shape index (κ3) is 6.77. The van der Waals surface area contributed by atoms with E-state index in [1.807, 2.05) is 0 Å². The molecule has 3 saturated heterocycles. The number of alkyl halides is 6. The Bertz CT molecular complexity index is 1100. The first-order chi connectivity index (χ1) is 18.5. The SMILES string of the molecule is CC(OC(=O)N1CCC2(CCN(Cc3cc(N4CCCC(C)(C(=O)O)C4)cc(C(F)(F)F)c3)C2)CC1)C(F)(F)F. The van der Waals surface area contributed by atoms with E-state index in [0.717, 1.165) is 25.5 Å². The van der Waals surface area contributed by atoms with Crippen molar-refractivity contribution in [1.82, 2.24) is 9.80 Å². The summed E-state index contributed by atoms with van der Waals surface area (Å²) in [6, 6.07) is 3.92. The van der Waals surface area contributed by atoms with Crippen molar-refractivity contribution in [3.8, 4) is 0 Å². The number of nitrogens with zero attached hydrogens (tertiary/aromatic N) is 3. The minimum atomic E-state index is -4.63. The van der Waals surface area contributed by atoms with Crippen molar-refractivity contribution < 1.29 is 45.8 Å². The second kappa shape index (κ2) is 10.9. The van der Waals surface area contributed by atoms with E-state index in [2.05, 4.69) is 9.64 Å². The average Bonchev–Trinajstić information content (AvgIpc) is 3.24. The average molecular weight is 580 g/mol. The first-order valence-electron chi connectivity index (χ1n) is 13.4. The Kier molecular flexibility index (Phi) is 8.28. The summed E-state index contributed by atoms with van der Waals surface area (Å²) in [5.41, 5.74) is -1.17. The summed E-state index contributed by atoms with van der Waals surface area (Å²) in [5.74, 6) is -0.971. The second-order valence-corrected chi connectivity index (χ2v) is 11.8. The number of ether oxygens (including phenoxy) is 1. The number of hydrogen-bond donors (Lipinski definition) is 1. The monoisotopic (exact) mass is 579 g/mol. The summed E-state index contributed by atoms with van der Waals surface area (Å²) in [4.78, 5) is 29.0. The highest BCUT2D eigenvalue weighted by Gasteiger charge is 2.44. The molecule has 2 unspecified atom stereocenters. The fraction of sp³-hybridized carbons (Fsp3) is 0.704. The third-order valence-electron chi connectivity index (χ3n) is 8.63. The number of piperidine rings is 2. The van der Waals surface area contributed by atoms with Crippen molar-refractivity contribution in [3.63, 3.8) is 0 Å². The number of aliphatic carboxylic acids is 1. The lowest BCUT2D eigenvalue weighted by Gasteiger charge is -2.39. The maximum atomic E-state index is 13.8. The molecule has 3 heterocycles. The molecule has 0 aliphatic carbocycles. The summed E-state index contributed by atoms with van der Waals surface area (Å²) in [5, 5.41) is 9.64. The van der Waals surface area contributed by atoms with Crippen LogP contribution in [-0.2, 0) is 22.3 Å². The fourth-order valence-corrected chi connectivity index (χ4v) is 6.03. The van der Waals surface area contributed by atoms with Gasteiger partial charge < -0.3 is 19.6 Å². The number of hydrogen-bond acceptors (Lipinski definition) is 5. The van der Waals surface area contributed by atoms with Gasteiger partial charge in [-0.25, -0.2) is 4.79 Å². The number of halogens is 6. The molecule has 224 valence electrons. The van der Waals surface area contributed by atoms with Gasteiger partial charge in [-0.3, -0.25) is 9.69 Å². The zero-order valence-electron chi connectivity index (χ0n) is 22.6. The molecule has 0 saturated carbocycles. The highest BCUT2D eigenvalue weighted by Crippen LogP contribution is 2.42. The van der Waals surface area contributed by atoms with Crippen LogP contribution in [0.3, 0.4) is 0 Å². The Morgan fingerprint density at radius 2 is 1.62 bits per heavy atom. The van der Waals surface area contributed by atoms with Gasteiger partial charge in [0.2, 0.25) is 0 Å². The molecule has 3 aliphatic rings. The highest BCUT2D eigenvalue weighted by molar-refractivity contribution is 5.75. The van der Waals surface area contributed by atoms with Gasteiger partial charge in [0.15, 0.2) is 6.10 Å². The van der Waals surface area contributed by atoms with Crippen LogP contribution in [0, 0.1) is 10.8 Å². The zero-order valence-corrected chi connectivity index (χ0v) is 22.6. The molecule has 1 aromatic rings. The van der Waals surface area contributed by atoms with Gasteiger partial charge in [0.05, 0.1) is 11.0 Å². The summed E-state index contributed by atoms with van der Waals surface area (Å²) < 4.78 is 84.2. The summed E-state index contributed by atoms with van der Waals surface area (Å²) in [6.45, 7) is 5.01. The predicted molar refractivity (Wildman–Crippen MR) is 134 cm³/mol. The van der Waals surface area contributed by atoms with E-state index in [0.29, 0.717) is 56.6 Å². The first-order valence-corrected chi connectivity index (χ1v) is 13.4. The van der Waals surface area contributed by atoms with E-state index < -0.39 is 41.5 Å². The van der Waals surface area contributed by atoms with Crippen LogP contribution >= 0.6 is 0 Å². The molecule has 3 aliphatic heterocycles. The van der Waals surface area contributed by atoms with E-state index in [4.69, 9.17) is 0 Å². The van der Waals surface area contributed by atoms with E-state index >= 15 is 0 Å². The van der Waals surface area contributed by atoms with E-state index in [1.165, 1.54) is 4.90 Å². The number of anilines is 1. The molecular formula is C27H35F6N3O4. The van der Waals surface area contributed by atoms with Crippen molar-refractivity contribution in [1.29, 1.82) is 0 Å². The lowest BCUT2D eigenvalue weighted by atomic mass is 9.78. The summed E-state index contributed by atoms with van der Waals surface area (Å²) in [7, 11) is 0. The predicted octanol–water partition coefficient (Wildman–Crippen LogP) is 5.77. The normalized spacial score (nSPS) is 24.8. The van der Waals surface area contributed by atoms with Gasteiger partial charge in [-0.15, -0.1) is 0 Å². The first kappa shape index (κ1) is 30.3. The Morgan fingerprint density at radius 3 is 2.23 bits per heavy atom. The number of rotatable bonds is 5. The molecule has 1 aromatic carbocycles. The molecule has 1 amide bonds. The van der Waals surface area contributed by atoms with Crippen molar-refractivity contribution in [3.05, 3.63) is 29.3 Å². The molecule has 1 spiro atoms. The van der Waals surface area contributed by atoms with E-state index in [1.54, 1.807) is 17.9 Å². The largest absolute Gasteiger partial charge is 0.481 e. The van der Waals surface area contributed by atoms with Gasteiger partial charge in [-0.2, -0.15) is 26.3 Å².